The summed E-state index contributed by atoms with van der Waals surface area (Å²) in [6.07, 6.45) is 4.63. The summed E-state index contributed by atoms with van der Waals surface area (Å²) in [5, 5.41) is 12.7. The van der Waals surface area contributed by atoms with Crippen molar-refractivity contribution in [2.24, 2.45) is 0 Å². The van der Waals surface area contributed by atoms with E-state index < -0.39 is 0 Å². The maximum Gasteiger partial charge on any atom is 0.319 e. The van der Waals surface area contributed by atoms with Crippen LogP contribution in [0, 0.1) is 0 Å². The van der Waals surface area contributed by atoms with E-state index in [1.54, 1.807) is 17.1 Å². The number of benzene rings is 1. The van der Waals surface area contributed by atoms with Crippen LogP contribution in [0.4, 0.5) is 16.2 Å². The second kappa shape index (κ2) is 6.74. The molecule has 126 valence electrons. The van der Waals surface area contributed by atoms with Gasteiger partial charge in [-0.1, -0.05) is 12.1 Å². The van der Waals surface area contributed by atoms with Gasteiger partial charge in [0.15, 0.2) is 0 Å². The smallest absolute Gasteiger partial charge is 0.319 e. The minimum atomic E-state index is -0.274. The van der Waals surface area contributed by atoms with Gasteiger partial charge in [0.05, 0.1) is 17.9 Å². The van der Waals surface area contributed by atoms with Gasteiger partial charge in [0.25, 0.3) is 0 Å². The quantitative estimate of drug-likeness (QED) is 0.806. The maximum absolute atomic E-state index is 12.1. The predicted octanol–water partition coefficient (Wildman–Crippen LogP) is 2.67. The van der Waals surface area contributed by atoms with E-state index in [-0.39, 0.29) is 18.0 Å². The van der Waals surface area contributed by atoms with Crippen molar-refractivity contribution in [3.8, 4) is 0 Å². The molecule has 0 spiro atoms. The van der Waals surface area contributed by atoms with Crippen LogP contribution in [0.3, 0.4) is 0 Å². The molecule has 0 bridgehead atoms. The number of aryl methyl sites for hydroxylation is 2. The molecule has 3 N–H and O–H groups in total. The van der Waals surface area contributed by atoms with Crippen LogP contribution < -0.4 is 16.0 Å². The Morgan fingerprint density at radius 1 is 1.42 bits per heavy atom. The van der Waals surface area contributed by atoms with Crippen LogP contribution in [0.5, 0.6) is 0 Å². The predicted molar refractivity (Wildman–Crippen MR) is 91.9 cm³/mol. The van der Waals surface area contributed by atoms with Crippen LogP contribution in [-0.4, -0.2) is 21.7 Å². The molecule has 7 nitrogen and oxygen atoms in total. The molecule has 0 fully saturated rings. The molecule has 3 amide bonds. The summed E-state index contributed by atoms with van der Waals surface area (Å²) in [5.41, 5.74) is 3.63. The summed E-state index contributed by atoms with van der Waals surface area (Å²) < 4.78 is 1.75. The standard InChI is InChI=1S/C17H21N5O2/c1-3-22-10-14(9-18-22)20-17(24)19-11(2)12-4-6-15-13(8-12)5-7-16(23)21-15/h4,6,8-11H,3,5,7H2,1-2H3,(H,21,23)(H2,19,20,24). The summed E-state index contributed by atoms with van der Waals surface area (Å²) >= 11 is 0. The van der Waals surface area contributed by atoms with Gasteiger partial charge in [0.1, 0.15) is 0 Å². The number of rotatable bonds is 4. The van der Waals surface area contributed by atoms with Crippen molar-refractivity contribution in [3.63, 3.8) is 0 Å². The van der Waals surface area contributed by atoms with E-state index in [4.69, 9.17) is 0 Å². The van der Waals surface area contributed by atoms with Gasteiger partial charge in [-0.2, -0.15) is 5.10 Å². The topological polar surface area (TPSA) is 88.0 Å². The Bertz CT molecular complexity index is 768. The second-order valence-corrected chi connectivity index (χ2v) is 5.87. The zero-order valence-electron chi connectivity index (χ0n) is 13.8. The number of hydrogen-bond acceptors (Lipinski definition) is 3. The molecular weight excluding hydrogens is 306 g/mol. The average molecular weight is 327 g/mol. The van der Waals surface area contributed by atoms with Crippen molar-refractivity contribution in [1.29, 1.82) is 0 Å². The van der Waals surface area contributed by atoms with E-state index in [1.807, 2.05) is 32.0 Å². The molecule has 3 rings (SSSR count). The Morgan fingerprint density at radius 2 is 2.25 bits per heavy atom. The molecule has 1 atom stereocenters. The lowest BCUT2D eigenvalue weighted by molar-refractivity contribution is -0.116. The molecule has 1 aliphatic rings. The van der Waals surface area contributed by atoms with Crippen molar-refractivity contribution in [1.82, 2.24) is 15.1 Å². The number of fused-ring (bicyclic) bond motifs is 1. The average Bonchev–Trinajstić information content (AvgIpc) is 3.01. The van der Waals surface area contributed by atoms with Gasteiger partial charge >= 0.3 is 6.03 Å². The van der Waals surface area contributed by atoms with Gasteiger partial charge in [-0.3, -0.25) is 9.48 Å². The Kier molecular flexibility index (Phi) is 4.50. The normalized spacial score (nSPS) is 14.5. The second-order valence-electron chi connectivity index (χ2n) is 5.87. The molecule has 7 heteroatoms. The van der Waals surface area contributed by atoms with Crippen LogP contribution in [0.2, 0.25) is 0 Å². The largest absolute Gasteiger partial charge is 0.331 e. The molecule has 0 aliphatic carbocycles. The van der Waals surface area contributed by atoms with Gasteiger partial charge < -0.3 is 16.0 Å². The summed E-state index contributed by atoms with van der Waals surface area (Å²) in [5.74, 6) is 0.0495. The van der Waals surface area contributed by atoms with Crippen molar-refractivity contribution in [2.45, 2.75) is 39.3 Å². The van der Waals surface area contributed by atoms with Crippen LogP contribution in [0.15, 0.2) is 30.6 Å². The first kappa shape index (κ1) is 16.0. The molecule has 2 heterocycles. The van der Waals surface area contributed by atoms with Crippen molar-refractivity contribution < 1.29 is 9.59 Å². The van der Waals surface area contributed by atoms with Crippen LogP contribution in [0.25, 0.3) is 0 Å². The number of hydrogen-bond donors (Lipinski definition) is 3. The molecular formula is C17H21N5O2. The highest BCUT2D eigenvalue weighted by atomic mass is 16.2. The zero-order valence-corrected chi connectivity index (χ0v) is 13.8. The molecule has 1 aliphatic heterocycles. The van der Waals surface area contributed by atoms with Crippen molar-refractivity contribution in [3.05, 3.63) is 41.7 Å². The number of urea groups is 1. The van der Waals surface area contributed by atoms with E-state index >= 15 is 0 Å². The fourth-order valence-corrected chi connectivity index (χ4v) is 2.72. The fraction of sp³-hybridized carbons (Fsp3) is 0.353. The van der Waals surface area contributed by atoms with E-state index in [1.165, 1.54) is 0 Å². The lowest BCUT2D eigenvalue weighted by Crippen LogP contribution is -2.31. The highest BCUT2D eigenvalue weighted by Gasteiger charge is 2.17. The summed E-state index contributed by atoms with van der Waals surface area (Å²) in [7, 11) is 0. The Hall–Kier alpha value is -2.83. The molecule has 0 saturated carbocycles. The van der Waals surface area contributed by atoms with E-state index in [2.05, 4.69) is 21.0 Å². The molecule has 1 aromatic carbocycles. The third kappa shape index (κ3) is 3.56. The Labute approximate surface area is 140 Å². The van der Waals surface area contributed by atoms with Crippen LogP contribution >= 0.6 is 0 Å². The number of amides is 3. The number of aromatic nitrogens is 2. The van der Waals surface area contributed by atoms with E-state index in [0.29, 0.717) is 12.1 Å². The number of nitrogens with one attached hydrogen (secondary N) is 3. The summed E-state index contributed by atoms with van der Waals surface area (Å²) in [4.78, 5) is 23.5. The van der Waals surface area contributed by atoms with Crippen LogP contribution in [0.1, 0.15) is 37.4 Å². The first-order chi connectivity index (χ1) is 11.5. The molecule has 0 radical (unpaired) electrons. The van der Waals surface area contributed by atoms with Gasteiger partial charge in [-0.05, 0) is 37.5 Å². The van der Waals surface area contributed by atoms with Crippen molar-refractivity contribution >= 4 is 23.3 Å². The molecule has 1 aromatic heterocycles. The van der Waals surface area contributed by atoms with Crippen LogP contribution in [-0.2, 0) is 17.8 Å². The summed E-state index contributed by atoms with van der Waals surface area (Å²) in [6.45, 7) is 4.67. The van der Waals surface area contributed by atoms with Crippen molar-refractivity contribution in [2.75, 3.05) is 10.6 Å². The van der Waals surface area contributed by atoms with E-state index in [9.17, 15) is 9.59 Å². The lowest BCUT2D eigenvalue weighted by atomic mass is 9.98. The first-order valence-corrected chi connectivity index (χ1v) is 8.08. The lowest BCUT2D eigenvalue weighted by Gasteiger charge is -2.20. The van der Waals surface area contributed by atoms with Gasteiger partial charge in [0.2, 0.25) is 5.91 Å². The highest BCUT2D eigenvalue weighted by molar-refractivity contribution is 5.94. The number of anilines is 2. The molecule has 24 heavy (non-hydrogen) atoms. The monoisotopic (exact) mass is 327 g/mol. The number of carbonyl (C=O) groups is 2. The van der Waals surface area contributed by atoms with Gasteiger partial charge in [-0.15, -0.1) is 0 Å². The zero-order chi connectivity index (χ0) is 17.1. The molecule has 2 aromatic rings. The minimum absolute atomic E-state index is 0.0495. The summed E-state index contributed by atoms with van der Waals surface area (Å²) in [6, 6.07) is 5.43. The molecule has 0 saturated heterocycles. The maximum atomic E-state index is 12.1. The fourth-order valence-electron chi connectivity index (χ4n) is 2.72. The third-order valence-electron chi connectivity index (χ3n) is 4.09. The Morgan fingerprint density at radius 3 is 3.00 bits per heavy atom. The van der Waals surface area contributed by atoms with Gasteiger partial charge in [-0.25, -0.2) is 4.79 Å². The number of nitrogens with zero attached hydrogens (tertiary/aromatic N) is 2. The van der Waals surface area contributed by atoms with Gasteiger partial charge in [0, 0.05) is 24.8 Å². The minimum Gasteiger partial charge on any atom is -0.331 e. The first-order valence-electron chi connectivity index (χ1n) is 8.08. The SMILES string of the molecule is CCn1cc(NC(=O)NC(C)c2ccc3c(c2)CCC(=O)N3)cn1. The highest BCUT2D eigenvalue weighted by Crippen LogP contribution is 2.26. The Balaban J connectivity index is 1.63. The van der Waals surface area contributed by atoms with E-state index in [0.717, 1.165) is 29.8 Å². The number of carbonyl (C=O) groups excluding carboxylic acids is 2. The molecule has 1 unspecified atom stereocenters. The third-order valence-corrected chi connectivity index (χ3v) is 4.09.